The van der Waals surface area contributed by atoms with Crippen molar-refractivity contribution in [2.45, 2.75) is 57.8 Å². The third-order valence-electron chi connectivity index (χ3n) is 4.70. The van der Waals surface area contributed by atoms with Gasteiger partial charge in [0.05, 0.1) is 0 Å². The molecule has 1 saturated heterocycles. The number of unbranched alkanes of at least 4 members (excludes halogenated alkanes) is 2. The molecule has 1 aliphatic heterocycles. The lowest BCUT2D eigenvalue weighted by atomic mass is 9.76. The first-order valence-corrected chi connectivity index (χ1v) is 8.22. The summed E-state index contributed by atoms with van der Waals surface area (Å²) < 4.78 is 0. The van der Waals surface area contributed by atoms with Crippen molar-refractivity contribution in [3.8, 4) is 5.75 Å². The second-order valence-corrected chi connectivity index (χ2v) is 6.31. The third kappa shape index (κ3) is 3.54. The number of likely N-dealkylation sites (tertiary alicyclic amines) is 1. The quantitative estimate of drug-likeness (QED) is 0.749. The van der Waals surface area contributed by atoms with Crippen molar-refractivity contribution in [3.05, 3.63) is 29.8 Å². The fourth-order valence-electron chi connectivity index (χ4n) is 3.63. The maximum atomic E-state index is 9.78. The molecule has 112 valence electrons. The summed E-state index contributed by atoms with van der Waals surface area (Å²) >= 11 is 0. The summed E-state index contributed by atoms with van der Waals surface area (Å²) in [4.78, 5) is 2.62. The van der Waals surface area contributed by atoms with Crippen molar-refractivity contribution < 1.29 is 5.11 Å². The number of hydrogen-bond acceptors (Lipinski definition) is 2. The SMILES string of the molecule is CCCCCN1CCC(CCC)(c2cccc(O)c2)C1. The van der Waals surface area contributed by atoms with Crippen LogP contribution < -0.4 is 0 Å². The van der Waals surface area contributed by atoms with E-state index in [9.17, 15) is 5.11 Å². The smallest absolute Gasteiger partial charge is 0.115 e. The lowest BCUT2D eigenvalue weighted by molar-refractivity contribution is 0.295. The Morgan fingerprint density at radius 1 is 1.20 bits per heavy atom. The summed E-state index contributed by atoms with van der Waals surface area (Å²) in [7, 11) is 0. The number of phenols is 1. The molecule has 1 unspecified atom stereocenters. The zero-order chi connectivity index (χ0) is 14.4. The first-order valence-electron chi connectivity index (χ1n) is 8.22. The number of rotatable bonds is 7. The summed E-state index contributed by atoms with van der Waals surface area (Å²) in [6.07, 6.45) is 7.61. The highest BCUT2D eigenvalue weighted by atomic mass is 16.3. The normalized spacial score (nSPS) is 23.3. The van der Waals surface area contributed by atoms with Gasteiger partial charge in [-0.3, -0.25) is 0 Å². The largest absolute Gasteiger partial charge is 0.508 e. The number of nitrogens with zero attached hydrogens (tertiary/aromatic N) is 1. The Labute approximate surface area is 123 Å². The van der Waals surface area contributed by atoms with Crippen molar-refractivity contribution in [2.75, 3.05) is 19.6 Å². The molecular formula is C18H29NO. The number of aromatic hydroxyl groups is 1. The molecule has 1 aromatic carbocycles. The average molecular weight is 275 g/mol. The highest BCUT2D eigenvalue weighted by Crippen LogP contribution is 2.39. The lowest BCUT2D eigenvalue weighted by Crippen LogP contribution is -2.31. The predicted octanol–water partition coefficient (Wildman–Crippen LogP) is 4.33. The Kier molecular flexibility index (Phi) is 5.47. The highest BCUT2D eigenvalue weighted by Gasteiger charge is 2.38. The van der Waals surface area contributed by atoms with E-state index in [0.29, 0.717) is 5.75 Å². The van der Waals surface area contributed by atoms with Gasteiger partial charge in [-0.1, -0.05) is 45.2 Å². The summed E-state index contributed by atoms with van der Waals surface area (Å²) in [5, 5.41) is 9.78. The van der Waals surface area contributed by atoms with Gasteiger partial charge in [0.25, 0.3) is 0 Å². The maximum absolute atomic E-state index is 9.78. The van der Waals surface area contributed by atoms with Crippen LogP contribution in [0.15, 0.2) is 24.3 Å². The van der Waals surface area contributed by atoms with Gasteiger partial charge in [-0.2, -0.15) is 0 Å². The summed E-state index contributed by atoms with van der Waals surface area (Å²) in [6, 6.07) is 7.94. The molecule has 1 aliphatic rings. The average Bonchev–Trinajstić information content (AvgIpc) is 2.84. The molecule has 0 radical (unpaired) electrons. The van der Waals surface area contributed by atoms with Gasteiger partial charge in [-0.05, 0) is 50.0 Å². The van der Waals surface area contributed by atoms with E-state index in [1.807, 2.05) is 12.1 Å². The monoisotopic (exact) mass is 275 g/mol. The molecule has 0 aromatic heterocycles. The minimum absolute atomic E-state index is 0.264. The molecule has 0 spiro atoms. The molecule has 2 rings (SSSR count). The first-order chi connectivity index (χ1) is 9.70. The van der Waals surface area contributed by atoms with Gasteiger partial charge in [0, 0.05) is 12.0 Å². The van der Waals surface area contributed by atoms with Crippen LogP contribution >= 0.6 is 0 Å². The second kappa shape index (κ2) is 7.12. The number of phenolic OH excluding ortho intramolecular Hbond substituents is 1. The van der Waals surface area contributed by atoms with Gasteiger partial charge in [0.1, 0.15) is 5.75 Å². The molecule has 1 fully saturated rings. The lowest BCUT2D eigenvalue weighted by Gasteiger charge is -2.30. The Bertz CT molecular complexity index is 418. The van der Waals surface area contributed by atoms with Crippen LogP contribution in [-0.4, -0.2) is 29.6 Å². The van der Waals surface area contributed by atoms with Gasteiger partial charge >= 0.3 is 0 Å². The van der Waals surface area contributed by atoms with E-state index in [-0.39, 0.29) is 5.41 Å². The van der Waals surface area contributed by atoms with Crippen LogP contribution in [0.1, 0.15) is 57.9 Å². The fraction of sp³-hybridized carbons (Fsp3) is 0.667. The van der Waals surface area contributed by atoms with E-state index < -0.39 is 0 Å². The van der Waals surface area contributed by atoms with Gasteiger partial charge in [0.2, 0.25) is 0 Å². The second-order valence-electron chi connectivity index (χ2n) is 6.31. The topological polar surface area (TPSA) is 23.5 Å². The molecule has 0 aliphatic carbocycles. The van der Waals surface area contributed by atoms with Crippen molar-refractivity contribution in [1.82, 2.24) is 4.90 Å². The van der Waals surface area contributed by atoms with Crippen molar-refractivity contribution in [1.29, 1.82) is 0 Å². The molecule has 0 saturated carbocycles. The van der Waals surface area contributed by atoms with Crippen molar-refractivity contribution in [3.63, 3.8) is 0 Å². The molecule has 1 N–H and O–H groups in total. The number of hydrogen-bond donors (Lipinski definition) is 1. The zero-order valence-corrected chi connectivity index (χ0v) is 13.1. The van der Waals surface area contributed by atoms with Gasteiger partial charge in [-0.25, -0.2) is 0 Å². The molecule has 2 heteroatoms. The minimum Gasteiger partial charge on any atom is -0.508 e. The Hall–Kier alpha value is -1.02. The van der Waals surface area contributed by atoms with Crippen LogP contribution in [0.25, 0.3) is 0 Å². The van der Waals surface area contributed by atoms with Crippen LogP contribution in [0.4, 0.5) is 0 Å². The molecule has 20 heavy (non-hydrogen) atoms. The van der Waals surface area contributed by atoms with E-state index in [1.165, 1.54) is 57.2 Å². The van der Waals surface area contributed by atoms with Crippen molar-refractivity contribution >= 4 is 0 Å². The standard InChI is InChI=1S/C18H29NO/c1-3-5-6-12-19-13-11-18(15-19,10-4-2)16-8-7-9-17(20)14-16/h7-9,14,20H,3-6,10-13,15H2,1-2H3. The van der Waals surface area contributed by atoms with Gasteiger partial charge < -0.3 is 10.0 Å². The highest BCUT2D eigenvalue weighted by molar-refractivity contribution is 5.34. The molecule has 0 bridgehead atoms. The van der Waals surface area contributed by atoms with Gasteiger partial charge in [-0.15, -0.1) is 0 Å². The van der Waals surface area contributed by atoms with E-state index in [4.69, 9.17) is 0 Å². The molecule has 1 aromatic rings. The molecular weight excluding hydrogens is 246 g/mol. The minimum atomic E-state index is 0.264. The molecule has 1 atom stereocenters. The van der Waals surface area contributed by atoms with Crippen molar-refractivity contribution in [2.24, 2.45) is 0 Å². The maximum Gasteiger partial charge on any atom is 0.115 e. The van der Waals surface area contributed by atoms with Gasteiger partial charge in [0.15, 0.2) is 0 Å². The van der Waals surface area contributed by atoms with Crippen LogP contribution in [-0.2, 0) is 5.41 Å². The van der Waals surface area contributed by atoms with E-state index in [1.54, 1.807) is 6.07 Å². The predicted molar refractivity (Wildman–Crippen MR) is 85.3 cm³/mol. The number of benzene rings is 1. The Balaban J connectivity index is 2.08. The van der Waals surface area contributed by atoms with Crippen LogP contribution in [0.3, 0.4) is 0 Å². The third-order valence-corrected chi connectivity index (χ3v) is 4.70. The Morgan fingerprint density at radius 3 is 2.75 bits per heavy atom. The van der Waals surface area contributed by atoms with Crippen LogP contribution in [0.5, 0.6) is 5.75 Å². The van der Waals surface area contributed by atoms with E-state index in [0.717, 1.165) is 6.54 Å². The summed E-state index contributed by atoms with van der Waals surface area (Å²) in [5.74, 6) is 0.405. The first kappa shape index (κ1) is 15.4. The summed E-state index contributed by atoms with van der Waals surface area (Å²) in [6.45, 7) is 8.13. The Morgan fingerprint density at radius 2 is 2.05 bits per heavy atom. The van der Waals surface area contributed by atoms with E-state index in [2.05, 4.69) is 24.8 Å². The van der Waals surface area contributed by atoms with E-state index >= 15 is 0 Å². The molecule has 1 heterocycles. The molecule has 2 nitrogen and oxygen atoms in total. The fourth-order valence-corrected chi connectivity index (χ4v) is 3.63. The van der Waals surface area contributed by atoms with Crippen LogP contribution in [0.2, 0.25) is 0 Å². The molecule has 0 amide bonds. The summed E-state index contributed by atoms with van der Waals surface area (Å²) in [5.41, 5.74) is 1.59. The van der Waals surface area contributed by atoms with Crippen LogP contribution in [0, 0.1) is 0 Å². The zero-order valence-electron chi connectivity index (χ0n) is 13.1.